The lowest BCUT2D eigenvalue weighted by Crippen LogP contribution is -2.38. The smallest absolute Gasteiger partial charge is 0.276 e. The van der Waals surface area contributed by atoms with E-state index in [0.717, 1.165) is 19.4 Å². The molecule has 3 aromatic heterocycles. The summed E-state index contributed by atoms with van der Waals surface area (Å²) in [5.74, 6) is 1.81. The lowest BCUT2D eigenvalue weighted by atomic mass is 9.83. The van der Waals surface area contributed by atoms with Crippen LogP contribution >= 0.6 is 0 Å². The van der Waals surface area contributed by atoms with Crippen LogP contribution in [0, 0.1) is 24.7 Å². The Morgan fingerprint density at radius 3 is 2.65 bits per heavy atom. The number of nitrogens with one attached hydrogen (secondary N) is 1. The summed E-state index contributed by atoms with van der Waals surface area (Å²) in [5, 5.41) is 8.79. The molecule has 2 unspecified atom stereocenters. The number of carbonyl (C=O) groups excluding carboxylic acids is 1. The van der Waals surface area contributed by atoms with E-state index in [0.29, 0.717) is 41.1 Å². The molecule has 3 aromatic rings. The third-order valence-corrected chi connectivity index (χ3v) is 6.38. The molecular weight excluding hydrogens is 392 g/mol. The summed E-state index contributed by atoms with van der Waals surface area (Å²) in [6, 6.07) is 3.46. The molecule has 3 rings (SSSR count). The largest absolute Gasteiger partial charge is 0.338 e. The van der Waals surface area contributed by atoms with Gasteiger partial charge in [0.15, 0.2) is 0 Å². The Labute approximate surface area is 183 Å². The second-order valence-electron chi connectivity index (χ2n) is 8.69. The van der Waals surface area contributed by atoms with E-state index in [4.69, 9.17) is 0 Å². The average molecular weight is 427 g/mol. The zero-order chi connectivity index (χ0) is 22.7. The van der Waals surface area contributed by atoms with Crippen LogP contribution in [0.25, 0.3) is 11.5 Å². The molecule has 0 aliphatic heterocycles. The van der Waals surface area contributed by atoms with Gasteiger partial charge in [-0.2, -0.15) is 5.10 Å². The summed E-state index contributed by atoms with van der Waals surface area (Å²) >= 11 is 0. The fraction of sp³-hybridized carbons (Fsp3) is 0.565. The molecule has 31 heavy (non-hydrogen) atoms. The first-order valence-electron chi connectivity index (χ1n) is 11.2. The van der Waals surface area contributed by atoms with Crippen molar-refractivity contribution in [2.45, 2.75) is 54.4 Å². The zero-order valence-electron chi connectivity index (χ0n) is 19.4. The van der Waals surface area contributed by atoms with Gasteiger partial charge in [0.25, 0.3) is 11.5 Å². The predicted molar refractivity (Wildman–Crippen MR) is 122 cm³/mol. The van der Waals surface area contributed by atoms with Crippen molar-refractivity contribution < 1.29 is 4.79 Å². The molecule has 0 spiro atoms. The number of carbonyl (C=O) groups is 1. The molecule has 0 saturated heterocycles. The first kappa shape index (κ1) is 22.8. The number of fused-ring (bicyclic) bond motifs is 1. The number of aromatic amines is 1. The number of H-pyrrole nitrogens is 1. The Kier molecular flexibility index (Phi) is 6.97. The zero-order valence-corrected chi connectivity index (χ0v) is 19.4. The van der Waals surface area contributed by atoms with E-state index in [2.05, 4.69) is 49.8 Å². The molecule has 0 aliphatic rings. The molecule has 0 fully saturated rings. The molecule has 0 saturated carbocycles. The van der Waals surface area contributed by atoms with Crippen molar-refractivity contribution in [2.75, 3.05) is 13.1 Å². The van der Waals surface area contributed by atoms with Crippen molar-refractivity contribution in [3.8, 4) is 5.95 Å². The van der Waals surface area contributed by atoms with Crippen LogP contribution in [0.5, 0.6) is 0 Å². The van der Waals surface area contributed by atoms with Crippen molar-refractivity contribution in [3.63, 3.8) is 0 Å². The van der Waals surface area contributed by atoms with Crippen LogP contribution in [0.4, 0.5) is 0 Å². The van der Waals surface area contributed by atoms with Gasteiger partial charge in [-0.05, 0) is 43.2 Å². The number of rotatable bonds is 9. The number of hydrogen-bond donors (Lipinski definition) is 1. The van der Waals surface area contributed by atoms with Gasteiger partial charge in [-0.15, -0.1) is 5.10 Å². The minimum atomic E-state index is -0.251. The second kappa shape index (κ2) is 9.49. The van der Waals surface area contributed by atoms with Crippen LogP contribution < -0.4 is 5.56 Å². The van der Waals surface area contributed by atoms with Crippen molar-refractivity contribution >= 4 is 11.4 Å². The maximum Gasteiger partial charge on any atom is 0.276 e. The van der Waals surface area contributed by atoms with E-state index in [1.165, 1.54) is 9.20 Å². The van der Waals surface area contributed by atoms with Crippen molar-refractivity contribution in [2.24, 2.45) is 17.8 Å². The Morgan fingerprint density at radius 2 is 2.00 bits per heavy atom. The fourth-order valence-corrected chi connectivity index (χ4v) is 4.07. The summed E-state index contributed by atoms with van der Waals surface area (Å²) in [4.78, 5) is 30.5. The third kappa shape index (κ3) is 4.57. The highest BCUT2D eigenvalue weighted by atomic mass is 16.2. The number of amides is 1. The van der Waals surface area contributed by atoms with Crippen LogP contribution in [-0.2, 0) is 0 Å². The van der Waals surface area contributed by atoms with Gasteiger partial charge in [-0.3, -0.25) is 14.6 Å². The number of aromatic nitrogens is 5. The molecule has 8 nitrogen and oxygen atoms in total. The average Bonchev–Trinajstić information content (AvgIpc) is 3.36. The molecule has 168 valence electrons. The topological polar surface area (TPSA) is 88.3 Å². The standard InChI is InChI=1S/C23H34N6O2/c1-7-11-27(14-18(8-2)16(5)15(3)4)22(31)19-13-24-29(17(19)6)23-25-21(30)20-10-9-12-28(20)26-23/h9-10,12-13,15-16,18H,7-8,11,14H2,1-6H3,(H,25,26,30). The van der Waals surface area contributed by atoms with Gasteiger partial charge >= 0.3 is 0 Å². The van der Waals surface area contributed by atoms with Crippen LogP contribution in [0.2, 0.25) is 0 Å². The molecule has 1 N–H and O–H groups in total. The van der Waals surface area contributed by atoms with Gasteiger partial charge in [-0.1, -0.05) is 41.0 Å². The molecular formula is C23H34N6O2. The summed E-state index contributed by atoms with van der Waals surface area (Å²) < 4.78 is 3.03. The lowest BCUT2D eigenvalue weighted by molar-refractivity contribution is 0.0691. The van der Waals surface area contributed by atoms with Crippen molar-refractivity contribution in [3.05, 3.63) is 46.1 Å². The van der Waals surface area contributed by atoms with E-state index < -0.39 is 0 Å². The minimum Gasteiger partial charge on any atom is -0.338 e. The Hall–Kier alpha value is -2.90. The molecule has 3 heterocycles. The number of hydrogen-bond acceptors (Lipinski definition) is 4. The molecule has 8 heteroatoms. The van der Waals surface area contributed by atoms with Crippen molar-refractivity contribution in [1.29, 1.82) is 0 Å². The first-order valence-corrected chi connectivity index (χ1v) is 11.2. The maximum atomic E-state index is 13.5. The van der Waals surface area contributed by atoms with E-state index in [9.17, 15) is 9.59 Å². The Balaban J connectivity index is 1.91. The quantitative estimate of drug-likeness (QED) is 0.565. The van der Waals surface area contributed by atoms with E-state index in [1.54, 1.807) is 24.5 Å². The van der Waals surface area contributed by atoms with Crippen LogP contribution in [0.15, 0.2) is 29.3 Å². The van der Waals surface area contributed by atoms with Gasteiger partial charge < -0.3 is 4.90 Å². The highest BCUT2D eigenvalue weighted by Gasteiger charge is 2.26. The highest BCUT2D eigenvalue weighted by molar-refractivity contribution is 5.95. The summed E-state index contributed by atoms with van der Waals surface area (Å²) in [7, 11) is 0. The van der Waals surface area contributed by atoms with E-state index in [-0.39, 0.29) is 17.4 Å². The van der Waals surface area contributed by atoms with Gasteiger partial charge in [0.1, 0.15) is 5.52 Å². The molecule has 2 atom stereocenters. The first-order chi connectivity index (χ1) is 14.8. The molecule has 0 aliphatic carbocycles. The number of nitrogens with zero attached hydrogens (tertiary/aromatic N) is 5. The van der Waals surface area contributed by atoms with Gasteiger partial charge in [0.05, 0.1) is 17.5 Å². The summed E-state index contributed by atoms with van der Waals surface area (Å²) in [5.41, 5.74) is 1.41. The fourth-order valence-electron chi connectivity index (χ4n) is 4.07. The van der Waals surface area contributed by atoms with Crippen LogP contribution in [-0.4, -0.2) is 48.3 Å². The Morgan fingerprint density at radius 1 is 1.26 bits per heavy atom. The van der Waals surface area contributed by atoms with E-state index in [1.807, 2.05) is 11.8 Å². The van der Waals surface area contributed by atoms with Gasteiger partial charge in [0.2, 0.25) is 5.95 Å². The van der Waals surface area contributed by atoms with Crippen LogP contribution in [0.3, 0.4) is 0 Å². The maximum absolute atomic E-state index is 13.5. The third-order valence-electron chi connectivity index (χ3n) is 6.38. The molecule has 0 aromatic carbocycles. The minimum absolute atomic E-state index is 0.0237. The van der Waals surface area contributed by atoms with Crippen LogP contribution in [0.1, 0.15) is 63.5 Å². The van der Waals surface area contributed by atoms with Crippen molar-refractivity contribution in [1.82, 2.24) is 29.3 Å². The predicted octanol–water partition coefficient (Wildman–Crippen LogP) is 3.69. The van der Waals surface area contributed by atoms with E-state index >= 15 is 0 Å². The summed E-state index contributed by atoms with van der Waals surface area (Å²) in [6.45, 7) is 14.3. The normalized spacial score (nSPS) is 13.6. The molecule has 0 radical (unpaired) electrons. The highest BCUT2D eigenvalue weighted by Crippen LogP contribution is 2.25. The second-order valence-corrected chi connectivity index (χ2v) is 8.69. The van der Waals surface area contributed by atoms with Gasteiger partial charge in [0, 0.05) is 19.3 Å². The lowest BCUT2D eigenvalue weighted by Gasteiger charge is -2.32. The summed E-state index contributed by atoms with van der Waals surface area (Å²) in [6.07, 6.45) is 5.22. The molecule has 0 bridgehead atoms. The molecule has 1 amide bonds. The monoisotopic (exact) mass is 426 g/mol. The van der Waals surface area contributed by atoms with Gasteiger partial charge in [-0.25, -0.2) is 9.20 Å². The SMILES string of the molecule is CCCN(CC(CC)C(C)C(C)C)C(=O)c1cnn(-c2nn3cccc3c(=O)[nH]2)c1C. The Bertz CT molecular complexity index is 1090.